The highest BCUT2D eigenvalue weighted by molar-refractivity contribution is 6.12. The maximum Gasteiger partial charge on any atom is 0.159 e. The number of hydrogen-bond acceptors (Lipinski definition) is 2. The summed E-state index contributed by atoms with van der Waals surface area (Å²) < 4.78 is 7.26. The van der Waals surface area contributed by atoms with Gasteiger partial charge in [0, 0.05) is 33.0 Å². The van der Waals surface area contributed by atoms with Crippen molar-refractivity contribution >= 4 is 39.0 Å². The van der Waals surface area contributed by atoms with Crippen molar-refractivity contribution in [1.82, 2.24) is 0 Å². The van der Waals surface area contributed by atoms with Crippen molar-refractivity contribution in [2.75, 3.05) is 4.90 Å². The molecule has 2 fully saturated rings. The fraction of sp³-hybridized carbons (Fsp3) is 0.263. The van der Waals surface area contributed by atoms with Crippen molar-refractivity contribution < 1.29 is 4.42 Å². The van der Waals surface area contributed by atoms with Gasteiger partial charge in [-0.2, -0.15) is 0 Å². The predicted molar refractivity (Wildman–Crippen MR) is 247 cm³/mol. The highest BCUT2D eigenvalue weighted by Gasteiger charge is 2.56. The van der Waals surface area contributed by atoms with E-state index in [1.54, 1.807) is 5.56 Å². The largest absolute Gasteiger partial charge is 0.454 e. The molecule has 3 atom stereocenters. The topological polar surface area (TPSA) is 16.4 Å². The van der Waals surface area contributed by atoms with Crippen LogP contribution in [-0.4, -0.2) is 0 Å². The number of fused-ring (bicyclic) bond motifs is 14. The van der Waals surface area contributed by atoms with E-state index in [2.05, 4.69) is 180 Å². The first kappa shape index (κ1) is 35.1. The van der Waals surface area contributed by atoms with Crippen LogP contribution in [-0.2, 0) is 10.8 Å². The van der Waals surface area contributed by atoms with Gasteiger partial charge in [-0.05, 0) is 160 Å². The smallest absolute Gasteiger partial charge is 0.159 e. The van der Waals surface area contributed by atoms with Crippen LogP contribution < -0.4 is 4.90 Å². The van der Waals surface area contributed by atoms with Crippen LogP contribution in [0.2, 0.25) is 0 Å². The second-order valence-corrected chi connectivity index (χ2v) is 19.2. The number of para-hydroxylation sites is 1. The molecule has 12 rings (SSSR count). The molecule has 4 aliphatic rings. The molecule has 8 aromatic rings. The van der Waals surface area contributed by atoms with Crippen LogP contribution >= 0.6 is 0 Å². The molecule has 3 unspecified atom stereocenters. The van der Waals surface area contributed by atoms with E-state index in [9.17, 15) is 0 Å². The van der Waals surface area contributed by atoms with Crippen LogP contribution in [0.15, 0.2) is 138 Å². The monoisotopic (exact) mass is 765 g/mol. The molecule has 0 aliphatic heterocycles. The molecule has 0 saturated heterocycles. The van der Waals surface area contributed by atoms with Crippen LogP contribution in [0.25, 0.3) is 55.3 Å². The molecule has 1 aromatic heterocycles. The second kappa shape index (κ2) is 12.3. The fourth-order valence-electron chi connectivity index (χ4n) is 12.6. The first-order valence-corrected chi connectivity index (χ1v) is 22.0. The summed E-state index contributed by atoms with van der Waals surface area (Å²) in [7, 11) is 0. The lowest BCUT2D eigenvalue weighted by molar-refractivity contribution is 0.327. The molecule has 2 saturated carbocycles. The van der Waals surface area contributed by atoms with Crippen molar-refractivity contribution in [3.63, 3.8) is 0 Å². The predicted octanol–water partition coefficient (Wildman–Crippen LogP) is 15.9. The quantitative estimate of drug-likeness (QED) is 0.173. The molecular formula is C57H51NO. The molecule has 7 aromatic carbocycles. The first-order chi connectivity index (χ1) is 28.6. The lowest BCUT2D eigenvalue weighted by Crippen LogP contribution is -2.32. The van der Waals surface area contributed by atoms with E-state index in [4.69, 9.17) is 4.42 Å². The van der Waals surface area contributed by atoms with E-state index >= 15 is 0 Å². The van der Waals surface area contributed by atoms with E-state index in [0.717, 1.165) is 33.8 Å². The minimum atomic E-state index is -0.123. The Morgan fingerprint density at radius 1 is 0.593 bits per heavy atom. The van der Waals surface area contributed by atoms with Crippen LogP contribution in [0.5, 0.6) is 0 Å². The van der Waals surface area contributed by atoms with Gasteiger partial charge in [0.15, 0.2) is 5.58 Å². The highest BCUT2D eigenvalue weighted by Crippen LogP contribution is 2.66. The molecule has 59 heavy (non-hydrogen) atoms. The molecular weight excluding hydrogens is 715 g/mol. The number of benzene rings is 7. The van der Waals surface area contributed by atoms with Gasteiger partial charge in [0.25, 0.3) is 0 Å². The number of nitrogens with zero attached hydrogens (tertiary/aromatic N) is 1. The third-order valence-electron chi connectivity index (χ3n) is 15.3. The van der Waals surface area contributed by atoms with E-state index < -0.39 is 0 Å². The Kier molecular flexibility index (Phi) is 7.34. The average molecular weight is 766 g/mol. The van der Waals surface area contributed by atoms with Gasteiger partial charge in [-0.3, -0.25) is 0 Å². The molecule has 4 aliphatic carbocycles. The highest BCUT2D eigenvalue weighted by atomic mass is 16.3. The van der Waals surface area contributed by atoms with Gasteiger partial charge in [-0.25, -0.2) is 0 Å². The molecule has 1 spiro atoms. The summed E-state index contributed by atoms with van der Waals surface area (Å²) in [4.78, 5) is 2.52. The third-order valence-corrected chi connectivity index (χ3v) is 15.3. The van der Waals surface area contributed by atoms with Crippen molar-refractivity contribution in [3.05, 3.63) is 172 Å². The standard InChI is InChI=1S/C57H51NO/c1-33(2)47-28-37(41-23-18-34(3)26-35(41)4)29-48-46-14-11-17-53(55(46)59-54(47)48)58(39-21-24-44-42-12-7-9-15-49(42)56(5,6)51(44)30-39)40-22-25-45-43-13-8-10-16-50(43)57(52(45)31-40)32-36-19-20-38(57)27-36/h7-18,21-26,28-31,33,36,38H,19-20,27,32H2,1-6H3. The number of anilines is 3. The van der Waals surface area contributed by atoms with Crippen LogP contribution in [0.3, 0.4) is 0 Å². The number of furan rings is 1. The van der Waals surface area contributed by atoms with Crippen molar-refractivity contribution in [3.8, 4) is 33.4 Å². The zero-order chi connectivity index (χ0) is 39.9. The molecule has 2 bridgehead atoms. The van der Waals surface area contributed by atoms with E-state index in [1.165, 1.54) is 104 Å². The summed E-state index contributed by atoms with van der Waals surface area (Å²) in [6.45, 7) is 13.8. The Morgan fingerprint density at radius 3 is 1.98 bits per heavy atom. The average Bonchev–Trinajstić information content (AvgIpc) is 4.05. The first-order valence-electron chi connectivity index (χ1n) is 22.0. The van der Waals surface area contributed by atoms with Gasteiger partial charge < -0.3 is 9.32 Å². The molecule has 290 valence electrons. The minimum Gasteiger partial charge on any atom is -0.454 e. The van der Waals surface area contributed by atoms with Crippen LogP contribution in [0.4, 0.5) is 17.1 Å². The van der Waals surface area contributed by atoms with Gasteiger partial charge >= 0.3 is 0 Å². The number of hydrogen-bond donors (Lipinski definition) is 0. The summed E-state index contributed by atoms with van der Waals surface area (Å²) >= 11 is 0. The summed E-state index contributed by atoms with van der Waals surface area (Å²) in [5.41, 5.74) is 23.1. The number of rotatable bonds is 5. The zero-order valence-corrected chi connectivity index (χ0v) is 35.1. The third kappa shape index (κ3) is 4.81. The number of aryl methyl sites for hydroxylation is 2. The van der Waals surface area contributed by atoms with Gasteiger partial charge in [0.05, 0.1) is 5.69 Å². The molecule has 2 nitrogen and oxygen atoms in total. The summed E-state index contributed by atoms with van der Waals surface area (Å²) in [5.74, 6) is 1.80. The molecule has 1 heterocycles. The van der Waals surface area contributed by atoms with E-state index in [0.29, 0.717) is 11.8 Å². The second-order valence-electron chi connectivity index (χ2n) is 19.2. The van der Waals surface area contributed by atoms with Crippen molar-refractivity contribution in [1.29, 1.82) is 0 Å². The van der Waals surface area contributed by atoms with Gasteiger partial charge in [-0.15, -0.1) is 0 Å². The molecule has 0 radical (unpaired) electrons. The lowest BCUT2D eigenvalue weighted by Gasteiger charge is -2.37. The zero-order valence-electron chi connectivity index (χ0n) is 35.1. The SMILES string of the molecule is Cc1ccc(-c2cc(C(C)C)c3oc4c(N(c5ccc6c(c5)C(C)(C)c5ccccc5-6)c5ccc6c(c5)C5(CC7CCC5C7)c5ccccc5-6)cccc4c3c2)c(C)c1. The normalized spacial score (nSPS) is 20.5. The van der Waals surface area contributed by atoms with Gasteiger partial charge in [0.1, 0.15) is 5.58 Å². The minimum absolute atomic E-state index is 0.0835. The fourth-order valence-corrected chi connectivity index (χ4v) is 12.6. The summed E-state index contributed by atoms with van der Waals surface area (Å²) in [6.07, 6.45) is 5.31. The van der Waals surface area contributed by atoms with Gasteiger partial charge in [0.2, 0.25) is 0 Å². The Hall–Kier alpha value is -5.86. The Balaban J connectivity index is 1.11. The lowest BCUT2D eigenvalue weighted by atomic mass is 9.67. The molecule has 2 heteroatoms. The Labute approximate surface area is 348 Å². The maximum absolute atomic E-state index is 7.26. The molecule has 0 amide bonds. The van der Waals surface area contributed by atoms with E-state index in [1.807, 2.05) is 0 Å². The van der Waals surface area contributed by atoms with E-state index in [-0.39, 0.29) is 10.8 Å². The van der Waals surface area contributed by atoms with Crippen LogP contribution in [0, 0.1) is 25.7 Å². The Bertz CT molecular complexity index is 3070. The Morgan fingerprint density at radius 2 is 1.27 bits per heavy atom. The summed E-state index contributed by atoms with van der Waals surface area (Å²) in [5, 5.41) is 2.34. The van der Waals surface area contributed by atoms with Crippen molar-refractivity contribution in [2.24, 2.45) is 11.8 Å². The van der Waals surface area contributed by atoms with Crippen molar-refractivity contribution in [2.45, 2.75) is 84.0 Å². The maximum atomic E-state index is 7.26. The molecule has 0 N–H and O–H groups in total. The summed E-state index contributed by atoms with van der Waals surface area (Å²) in [6, 6.07) is 51.3. The van der Waals surface area contributed by atoms with Gasteiger partial charge in [-0.1, -0.05) is 131 Å². The van der Waals surface area contributed by atoms with Crippen LogP contribution in [0.1, 0.15) is 98.2 Å².